The number of morpholine rings is 1. The number of thioether (sulfide) groups is 1. The third-order valence-electron chi connectivity index (χ3n) is 4.54. The van der Waals surface area contributed by atoms with E-state index in [2.05, 4.69) is 4.90 Å². The number of carbonyl (C=O) groups excluding carboxylic acids is 1. The minimum Gasteiger partial charge on any atom is -0.378 e. The Balaban J connectivity index is 2.24. The molecule has 0 N–H and O–H groups in total. The Bertz CT molecular complexity index is 923. The topological polar surface area (TPSA) is 78.6 Å². The Labute approximate surface area is 160 Å². The van der Waals surface area contributed by atoms with Crippen molar-refractivity contribution >= 4 is 46.1 Å². The number of hydrogen-bond donors (Lipinski definition) is 0. The van der Waals surface area contributed by atoms with E-state index in [1.54, 1.807) is 27.1 Å². The maximum absolute atomic E-state index is 12.6. The number of pyridine rings is 1. The van der Waals surface area contributed by atoms with Gasteiger partial charge in [0.1, 0.15) is 21.8 Å². The summed E-state index contributed by atoms with van der Waals surface area (Å²) in [6.45, 7) is 4.12. The molecule has 3 rings (SSSR count). The molecular formula is C17H18N4O3S2. The molecule has 136 valence electrons. The van der Waals surface area contributed by atoms with Crippen molar-refractivity contribution in [1.29, 1.82) is 5.26 Å². The number of likely N-dealkylation sites (N-methyl/N-ethyl adjacent to an activating group) is 1. The minimum atomic E-state index is -0.341. The van der Waals surface area contributed by atoms with Gasteiger partial charge in [-0.05, 0) is 18.6 Å². The van der Waals surface area contributed by atoms with Crippen molar-refractivity contribution < 1.29 is 9.53 Å². The van der Waals surface area contributed by atoms with Crippen molar-refractivity contribution in [1.82, 2.24) is 9.47 Å². The van der Waals surface area contributed by atoms with Crippen molar-refractivity contribution in [2.75, 3.05) is 38.3 Å². The van der Waals surface area contributed by atoms with Crippen LogP contribution in [0.4, 0.5) is 5.82 Å². The van der Waals surface area contributed by atoms with Gasteiger partial charge in [-0.3, -0.25) is 19.1 Å². The first-order valence-electron chi connectivity index (χ1n) is 8.04. The van der Waals surface area contributed by atoms with Crippen LogP contribution in [0.1, 0.15) is 16.7 Å². The van der Waals surface area contributed by atoms with Gasteiger partial charge in [-0.1, -0.05) is 24.0 Å². The Morgan fingerprint density at radius 1 is 1.27 bits per heavy atom. The second-order valence-corrected chi connectivity index (χ2v) is 7.73. The Morgan fingerprint density at radius 3 is 2.46 bits per heavy atom. The number of ether oxygens (including phenoxy) is 1. The van der Waals surface area contributed by atoms with Crippen LogP contribution >= 0.6 is 24.0 Å². The molecule has 0 saturated carbocycles. The van der Waals surface area contributed by atoms with Gasteiger partial charge in [0.15, 0.2) is 0 Å². The van der Waals surface area contributed by atoms with Crippen molar-refractivity contribution in [2.24, 2.45) is 7.05 Å². The number of nitriles is 1. The van der Waals surface area contributed by atoms with Gasteiger partial charge < -0.3 is 9.64 Å². The van der Waals surface area contributed by atoms with Gasteiger partial charge in [0.2, 0.25) is 0 Å². The van der Waals surface area contributed by atoms with Crippen molar-refractivity contribution in [3.63, 3.8) is 0 Å². The molecule has 7 nitrogen and oxygen atoms in total. The Kier molecular flexibility index (Phi) is 5.18. The lowest BCUT2D eigenvalue weighted by molar-refractivity contribution is -0.121. The minimum absolute atomic E-state index is 0.0859. The summed E-state index contributed by atoms with van der Waals surface area (Å²) in [5, 5.41) is 9.43. The number of nitrogens with zero attached hydrogens (tertiary/aromatic N) is 4. The molecule has 0 atom stereocenters. The molecule has 2 saturated heterocycles. The van der Waals surface area contributed by atoms with Gasteiger partial charge in [-0.25, -0.2) is 0 Å². The lowest BCUT2D eigenvalue weighted by Gasteiger charge is -2.32. The van der Waals surface area contributed by atoms with E-state index < -0.39 is 0 Å². The van der Waals surface area contributed by atoms with Crippen LogP contribution in [-0.2, 0) is 16.6 Å². The predicted molar refractivity (Wildman–Crippen MR) is 105 cm³/mol. The summed E-state index contributed by atoms with van der Waals surface area (Å²) in [7, 11) is 3.28. The predicted octanol–water partition coefficient (Wildman–Crippen LogP) is 1.23. The molecule has 9 heteroatoms. The van der Waals surface area contributed by atoms with Crippen LogP contribution in [0.25, 0.3) is 6.08 Å². The van der Waals surface area contributed by atoms with Crippen molar-refractivity contribution in [3.05, 3.63) is 31.9 Å². The molecule has 1 aromatic rings. The highest BCUT2D eigenvalue weighted by Gasteiger charge is 2.30. The van der Waals surface area contributed by atoms with Gasteiger partial charge >= 0.3 is 0 Å². The van der Waals surface area contributed by atoms with Crippen molar-refractivity contribution in [2.45, 2.75) is 6.92 Å². The highest BCUT2D eigenvalue weighted by molar-refractivity contribution is 8.26. The van der Waals surface area contributed by atoms with Crippen LogP contribution in [0.15, 0.2) is 9.70 Å². The highest BCUT2D eigenvalue weighted by atomic mass is 32.2. The van der Waals surface area contributed by atoms with Gasteiger partial charge in [-0.15, -0.1) is 0 Å². The molecule has 0 aromatic carbocycles. The second-order valence-electron chi connectivity index (χ2n) is 6.05. The number of aromatic nitrogens is 1. The number of carbonyl (C=O) groups is 1. The molecule has 0 unspecified atom stereocenters. The number of thiocarbonyl (C=S) groups is 1. The lowest BCUT2D eigenvalue weighted by atomic mass is 10.0. The van der Waals surface area contributed by atoms with Gasteiger partial charge in [0.05, 0.1) is 18.1 Å². The first kappa shape index (κ1) is 18.6. The monoisotopic (exact) mass is 390 g/mol. The van der Waals surface area contributed by atoms with E-state index in [1.165, 1.54) is 21.2 Å². The molecule has 1 aromatic heterocycles. The van der Waals surface area contributed by atoms with Crippen LogP contribution in [-0.4, -0.2) is 53.0 Å². The van der Waals surface area contributed by atoms with E-state index in [1.807, 2.05) is 6.07 Å². The molecule has 2 fully saturated rings. The smallest absolute Gasteiger partial charge is 0.270 e. The largest absolute Gasteiger partial charge is 0.378 e. The quantitative estimate of drug-likeness (QED) is 0.555. The number of hydrogen-bond acceptors (Lipinski definition) is 7. The maximum atomic E-state index is 12.6. The van der Waals surface area contributed by atoms with Crippen LogP contribution in [0.5, 0.6) is 0 Å². The second kappa shape index (κ2) is 7.23. The Hall–Kier alpha value is -2.15. The summed E-state index contributed by atoms with van der Waals surface area (Å²) in [6, 6.07) is 1.99. The molecule has 0 aliphatic carbocycles. The first-order valence-corrected chi connectivity index (χ1v) is 9.27. The average molecular weight is 390 g/mol. The number of amides is 1. The summed E-state index contributed by atoms with van der Waals surface area (Å²) in [5.74, 6) is 0.510. The van der Waals surface area contributed by atoms with E-state index >= 15 is 0 Å². The fraction of sp³-hybridized carbons (Fsp3) is 0.412. The molecular weight excluding hydrogens is 372 g/mol. The SMILES string of the molecule is Cc1c(/C=C2/SC(=S)N(C)C2=O)c(N2CCOCC2)n(C)c(=O)c1C#N. The fourth-order valence-electron chi connectivity index (χ4n) is 3.05. The van der Waals surface area contributed by atoms with Gasteiger partial charge in [0.25, 0.3) is 11.5 Å². The molecule has 26 heavy (non-hydrogen) atoms. The normalized spacial score (nSPS) is 19.4. The summed E-state index contributed by atoms with van der Waals surface area (Å²) >= 11 is 6.41. The zero-order chi connectivity index (χ0) is 19.0. The van der Waals surface area contributed by atoms with Crippen LogP contribution in [0.2, 0.25) is 0 Å². The summed E-state index contributed by atoms with van der Waals surface area (Å²) in [4.78, 5) is 29.0. The fourth-order valence-corrected chi connectivity index (χ4v) is 4.21. The average Bonchev–Trinajstić information content (AvgIpc) is 2.88. The molecule has 2 aliphatic heterocycles. The summed E-state index contributed by atoms with van der Waals surface area (Å²) < 4.78 is 7.37. The number of anilines is 1. The molecule has 0 bridgehead atoms. The highest BCUT2D eigenvalue weighted by Crippen LogP contribution is 2.34. The van der Waals surface area contributed by atoms with Crippen LogP contribution in [0, 0.1) is 18.3 Å². The molecule has 0 spiro atoms. The summed E-state index contributed by atoms with van der Waals surface area (Å²) in [5.41, 5.74) is 1.01. The maximum Gasteiger partial charge on any atom is 0.270 e. The number of rotatable bonds is 2. The van der Waals surface area contributed by atoms with Crippen LogP contribution in [0.3, 0.4) is 0 Å². The first-order chi connectivity index (χ1) is 12.4. The third-order valence-corrected chi connectivity index (χ3v) is 6.03. The zero-order valence-electron chi connectivity index (χ0n) is 14.7. The van der Waals surface area contributed by atoms with E-state index in [0.29, 0.717) is 52.5 Å². The standard InChI is InChI=1S/C17H18N4O3S2/c1-10-11(8-13-16(23)20(3)17(25)26-13)14(21-4-6-24-7-5-21)19(2)15(22)12(10)9-18/h8H,4-7H2,1-3H3/b13-8+. The molecule has 1 amide bonds. The van der Waals surface area contributed by atoms with E-state index in [9.17, 15) is 14.9 Å². The van der Waals surface area contributed by atoms with E-state index in [0.717, 1.165) is 0 Å². The van der Waals surface area contributed by atoms with Gasteiger partial charge in [0, 0.05) is 32.7 Å². The Morgan fingerprint density at radius 2 is 1.92 bits per heavy atom. The van der Waals surface area contributed by atoms with Crippen molar-refractivity contribution in [3.8, 4) is 6.07 Å². The summed E-state index contributed by atoms with van der Waals surface area (Å²) in [6.07, 6.45) is 1.74. The van der Waals surface area contributed by atoms with E-state index in [-0.39, 0.29) is 17.0 Å². The molecule has 2 aliphatic rings. The lowest BCUT2D eigenvalue weighted by Crippen LogP contribution is -2.40. The molecule has 3 heterocycles. The zero-order valence-corrected chi connectivity index (χ0v) is 16.4. The van der Waals surface area contributed by atoms with Gasteiger partial charge in [-0.2, -0.15) is 5.26 Å². The molecule has 0 radical (unpaired) electrons. The third kappa shape index (κ3) is 3.05. The van der Waals surface area contributed by atoms with E-state index in [4.69, 9.17) is 17.0 Å². The van der Waals surface area contributed by atoms with Crippen LogP contribution < -0.4 is 10.5 Å².